The second-order valence-corrected chi connectivity index (χ2v) is 5.84. The third-order valence-electron chi connectivity index (χ3n) is 3.25. The topological polar surface area (TPSA) is 74.4 Å². The fourth-order valence-electron chi connectivity index (χ4n) is 2.15. The fraction of sp³-hybridized carbons (Fsp3) is 0.111. The predicted molar refractivity (Wildman–Crippen MR) is 110 cm³/mol. The van der Waals surface area contributed by atoms with Gasteiger partial charge in [-0.2, -0.15) is 0 Å². The van der Waals surface area contributed by atoms with E-state index in [4.69, 9.17) is 15.2 Å². The molecular weight excluding hydrogens is 451 g/mol. The van der Waals surface area contributed by atoms with Gasteiger partial charge in [0.05, 0.1) is 17.9 Å². The maximum Gasteiger partial charge on any atom is 0.338 e. The number of hydrogen-bond acceptors (Lipinski definition) is 6. The maximum atomic E-state index is 11.8. The molecule has 3 rings (SSSR count). The second-order valence-electron chi connectivity index (χ2n) is 4.95. The molecule has 0 saturated carbocycles. The minimum Gasteiger partial charge on any atom is -0.462 e. The van der Waals surface area contributed by atoms with Gasteiger partial charge in [-0.05, 0) is 49.4 Å². The zero-order chi connectivity index (χ0) is 16.9. The van der Waals surface area contributed by atoms with E-state index in [9.17, 15) is 4.79 Å². The van der Waals surface area contributed by atoms with Crippen LogP contribution in [-0.4, -0.2) is 17.6 Å². The summed E-state index contributed by atoms with van der Waals surface area (Å²) in [5, 5.41) is 2.45. The Balaban J connectivity index is 0.00000225. The van der Waals surface area contributed by atoms with Crippen molar-refractivity contribution >= 4 is 46.4 Å². The highest BCUT2D eigenvalue weighted by molar-refractivity contribution is 14.0. The number of benzene rings is 2. The molecule has 1 aromatic heterocycles. The number of ether oxygens (including phenoxy) is 2. The first-order chi connectivity index (χ1) is 11.7. The van der Waals surface area contributed by atoms with Crippen LogP contribution in [0, 0.1) is 0 Å². The molecule has 7 heteroatoms. The van der Waals surface area contributed by atoms with Gasteiger partial charge in [0, 0.05) is 10.9 Å². The molecule has 25 heavy (non-hydrogen) atoms. The van der Waals surface area contributed by atoms with Crippen molar-refractivity contribution in [1.82, 2.24) is 4.98 Å². The molecular formula is C18H17IN2O3S. The number of nitrogen functional groups attached to an aromatic ring is 1. The first kappa shape index (κ1) is 19.2. The van der Waals surface area contributed by atoms with Crippen LogP contribution in [0.2, 0.25) is 0 Å². The highest BCUT2D eigenvalue weighted by Crippen LogP contribution is 2.27. The summed E-state index contributed by atoms with van der Waals surface area (Å²) in [6.07, 6.45) is 0. The molecule has 0 spiro atoms. The predicted octanol–water partition coefficient (Wildman–Crippen LogP) is 4.98. The van der Waals surface area contributed by atoms with Gasteiger partial charge in [-0.25, -0.2) is 9.78 Å². The number of aromatic nitrogens is 1. The smallest absolute Gasteiger partial charge is 0.338 e. The van der Waals surface area contributed by atoms with Gasteiger partial charge in [0.25, 0.3) is 0 Å². The first-order valence-corrected chi connectivity index (χ1v) is 8.30. The Labute approximate surface area is 166 Å². The van der Waals surface area contributed by atoms with Crippen LogP contribution in [0.5, 0.6) is 11.5 Å². The number of hydrogen-bond donors (Lipinski definition) is 1. The van der Waals surface area contributed by atoms with Crippen LogP contribution in [0.3, 0.4) is 0 Å². The van der Waals surface area contributed by atoms with Gasteiger partial charge in [-0.15, -0.1) is 35.3 Å². The molecule has 0 atom stereocenters. The zero-order valence-corrected chi connectivity index (χ0v) is 16.6. The SMILES string of the molecule is CCOC(=O)c1cccc(Oc2ccc(-c3csc(N)n3)cc2)c1.I. The number of anilines is 1. The summed E-state index contributed by atoms with van der Waals surface area (Å²) in [6.45, 7) is 2.11. The normalized spacial score (nSPS) is 9.96. The van der Waals surface area contributed by atoms with Gasteiger partial charge in [0.15, 0.2) is 5.13 Å². The quantitative estimate of drug-likeness (QED) is 0.423. The van der Waals surface area contributed by atoms with Crippen LogP contribution < -0.4 is 10.5 Å². The first-order valence-electron chi connectivity index (χ1n) is 7.42. The molecule has 1 heterocycles. The minimum absolute atomic E-state index is 0. The number of carbonyl (C=O) groups excluding carboxylic acids is 1. The summed E-state index contributed by atoms with van der Waals surface area (Å²) in [5.41, 5.74) is 7.92. The van der Waals surface area contributed by atoms with E-state index < -0.39 is 0 Å². The Morgan fingerprint density at radius 1 is 1.16 bits per heavy atom. The van der Waals surface area contributed by atoms with Gasteiger partial charge in [-0.1, -0.05) is 6.07 Å². The van der Waals surface area contributed by atoms with Crippen LogP contribution >= 0.6 is 35.3 Å². The van der Waals surface area contributed by atoms with Gasteiger partial charge < -0.3 is 15.2 Å². The Morgan fingerprint density at radius 2 is 1.92 bits per heavy atom. The largest absolute Gasteiger partial charge is 0.462 e. The van der Waals surface area contributed by atoms with Crippen molar-refractivity contribution in [3.63, 3.8) is 0 Å². The van der Waals surface area contributed by atoms with Crippen LogP contribution in [0.15, 0.2) is 53.9 Å². The van der Waals surface area contributed by atoms with Crippen molar-refractivity contribution in [2.45, 2.75) is 6.92 Å². The van der Waals surface area contributed by atoms with Crippen LogP contribution in [0.4, 0.5) is 5.13 Å². The standard InChI is InChI=1S/C18H16N2O3S.HI/c1-2-22-17(21)13-4-3-5-15(10-13)23-14-8-6-12(7-9-14)16-11-24-18(19)20-16;/h3-11H,2H2,1H3,(H2,19,20);1H. The summed E-state index contributed by atoms with van der Waals surface area (Å²) in [5.74, 6) is 0.883. The Morgan fingerprint density at radius 3 is 2.56 bits per heavy atom. The van der Waals surface area contributed by atoms with Gasteiger partial charge >= 0.3 is 5.97 Å². The molecule has 0 aliphatic carbocycles. The number of carbonyl (C=O) groups is 1. The summed E-state index contributed by atoms with van der Waals surface area (Å²) in [4.78, 5) is 16.0. The number of nitrogens with zero attached hydrogens (tertiary/aromatic N) is 1. The van der Waals surface area contributed by atoms with Crippen LogP contribution in [0.1, 0.15) is 17.3 Å². The van der Waals surface area contributed by atoms with E-state index in [1.807, 2.05) is 29.6 Å². The lowest BCUT2D eigenvalue weighted by atomic mass is 10.1. The van der Waals surface area contributed by atoms with Crippen molar-refractivity contribution in [2.24, 2.45) is 0 Å². The highest BCUT2D eigenvalue weighted by atomic mass is 127. The molecule has 2 aromatic carbocycles. The number of esters is 1. The van der Waals surface area contributed by atoms with E-state index in [0.717, 1.165) is 11.3 Å². The fourth-order valence-corrected chi connectivity index (χ4v) is 2.72. The molecule has 2 N–H and O–H groups in total. The monoisotopic (exact) mass is 468 g/mol. The molecule has 0 saturated heterocycles. The molecule has 0 fully saturated rings. The van der Waals surface area contributed by atoms with Gasteiger partial charge in [-0.3, -0.25) is 0 Å². The molecule has 0 unspecified atom stereocenters. The number of thiazole rings is 1. The van der Waals surface area contributed by atoms with Gasteiger partial charge in [0.1, 0.15) is 11.5 Å². The average Bonchev–Trinajstić information content (AvgIpc) is 3.02. The van der Waals surface area contributed by atoms with E-state index in [2.05, 4.69) is 4.98 Å². The van der Waals surface area contributed by atoms with Crippen molar-refractivity contribution in [2.75, 3.05) is 12.3 Å². The van der Waals surface area contributed by atoms with Crippen molar-refractivity contribution in [1.29, 1.82) is 0 Å². The zero-order valence-electron chi connectivity index (χ0n) is 13.5. The summed E-state index contributed by atoms with van der Waals surface area (Å²) >= 11 is 1.41. The molecule has 130 valence electrons. The highest BCUT2D eigenvalue weighted by Gasteiger charge is 2.08. The third-order valence-corrected chi connectivity index (χ3v) is 3.93. The number of nitrogens with two attached hydrogens (primary N) is 1. The lowest BCUT2D eigenvalue weighted by Gasteiger charge is -2.08. The third kappa shape index (κ3) is 4.93. The van der Waals surface area contributed by atoms with E-state index in [0.29, 0.717) is 28.8 Å². The van der Waals surface area contributed by atoms with E-state index >= 15 is 0 Å². The maximum absolute atomic E-state index is 11.8. The molecule has 0 amide bonds. The van der Waals surface area contributed by atoms with Crippen molar-refractivity contribution in [3.05, 3.63) is 59.5 Å². The van der Waals surface area contributed by atoms with Crippen LogP contribution in [0.25, 0.3) is 11.3 Å². The van der Waals surface area contributed by atoms with Crippen molar-refractivity contribution in [3.8, 4) is 22.8 Å². The Hall–Kier alpha value is -2.13. The molecule has 5 nitrogen and oxygen atoms in total. The molecule has 0 aliphatic rings. The summed E-state index contributed by atoms with van der Waals surface area (Å²) in [7, 11) is 0. The van der Waals surface area contributed by atoms with Crippen LogP contribution in [-0.2, 0) is 4.74 Å². The van der Waals surface area contributed by atoms with E-state index in [1.165, 1.54) is 11.3 Å². The van der Waals surface area contributed by atoms with Gasteiger partial charge in [0.2, 0.25) is 0 Å². The van der Waals surface area contributed by atoms with E-state index in [-0.39, 0.29) is 29.9 Å². The summed E-state index contributed by atoms with van der Waals surface area (Å²) < 4.78 is 10.8. The molecule has 0 radical (unpaired) electrons. The molecule has 3 aromatic rings. The summed E-state index contributed by atoms with van der Waals surface area (Å²) in [6, 6.07) is 14.4. The molecule has 0 aliphatic heterocycles. The lowest BCUT2D eigenvalue weighted by molar-refractivity contribution is 0.0526. The van der Waals surface area contributed by atoms with E-state index in [1.54, 1.807) is 31.2 Å². The Kier molecular flexibility index (Phi) is 6.77. The number of halogens is 1. The van der Waals surface area contributed by atoms with Crippen molar-refractivity contribution < 1.29 is 14.3 Å². The second kappa shape index (κ2) is 8.82. The molecule has 0 bridgehead atoms. The number of rotatable bonds is 5. The Bertz CT molecular complexity index is 850. The minimum atomic E-state index is -0.362. The lowest BCUT2D eigenvalue weighted by Crippen LogP contribution is -2.04. The average molecular weight is 468 g/mol.